The van der Waals surface area contributed by atoms with Crippen LogP contribution in [-0.4, -0.2) is 17.1 Å². The van der Waals surface area contributed by atoms with Crippen LogP contribution >= 0.6 is 0 Å². The van der Waals surface area contributed by atoms with Gasteiger partial charge < -0.3 is 4.74 Å². The number of esters is 1. The lowest BCUT2D eigenvalue weighted by atomic mass is 9.64. The molecule has 1 heterocycles. The molecule has 4 rings (SSSR count). The van der Waals surface area contributed by atoms with Gasteiger partial charge in [0.05, 0.1) is 11.3 Å². The Balaban J connectivity index is 1.62. The van der Waals surface area contributed by atoms with Crippen molar-refractivity contribution < 1.29 is 9.53 Å². The molecule has 3 atom stereocenters. The van der Waals surface area contributed by atoms with Crippen molar-refractivity contribution in [1.82, 2.24) is 4.98 Å². The molecule has 2 aromatic carbocycles. The fourth-order valence-electron chi connectivity index (χ4n) is 4.96. The third-order valence-corrected chi connectivity index (χ3v) is 6.83. The maximum atomic E-state index is 13.4. The molecule has 1 saturated carbocycles. The number of carbonyl (C=O) groups is 1. The largest absolute Gasteiger partial charge is 0.458 e. The van der Waals surface area contributed by atoms with E-state index in [0.717, 1.165) is 24.8 Å². The van der Waals surface area contributed by atoms with Crippen LogP contribution in [0.1, 0.15) is 56.0 Å². The van der Waals surface area contributed by atoms with Crippen molar-refractivity contribution in [1.29, 1.82) is 0 Å². The molecular formula is C28H31NO2. The average Bonchev–Trinajstić information content (AvgIpc) is 2.80. The summed E-state index contributed by atoms with van der Waals surface area (Å²) in [4.78, 5) is 17.9. The molecule has 160 valence electrons. The minimum Gasteiger partial charge on any atom is -0.458 e. The second kappa shape index (κ2) is 9.05. The molecule has 0 radical (unpaired) electrons. The first-order chi connectivity index (χ1) is 15.0. The lowest BCUT2D eigenvalue weighted by Gasteiger charge is -2.44. The summed E-state index contributed by atoms with van der Waals surface area (Å²) >= 11 is 0. The van der Waals surface area contributed by atoms with E-state index < -0.39 is 0 Å². The Morgan fingerprint density at radius 3 is 2.32 bits per heavy atom. The van der Waals surface area contributed by atoms with Crippen LogP contribution in [0.25, 0.3) is 11.3 Å². The molecule has 1 fully saturated rings. The summed E-state index contributed by atoms with van der Waals surface area (Å²) in [5, 5.41) is 0. The molecule has 0 amide bonds. The maximum absolute atomic E-state index is 13.4. The molecule has 0 bridgehead atoms. The predicted molar refractivity (Wildman–Crippen MR) is 125 cm³/mol. The molecular weight excluding hydrogens is 382 g/mol. The van der Waals surface area contributed by atoms with Crippen LogP contribution in [0.2, 0.25) is 0 Å². The van der Waals surface area contributed by atoms with Crippen LogP contribution in [0.5, 0.6) is 0 Å². The van der Waals surface area contributed by atoms with Crippen molar-refractivity contribution in [3.05, 3.63) is 90.1 Å². The Morgan fingerprint density at radius 2 is 1.61 bits per heavy atom. The number of hydrogen-bond donors (Lipinski definition) is 0. The number of hydrogen-bond acceptors (Lipinski definition) is 3. The summed E-state index contributed by atoms with van der Waals surface area (Å²) < 4.78 is 6.25. The van der Waals surface area contributed by atoms with Crippen LogP contribution in [0.4, 0.5) is 0 Å². The van der Waals surface area contributed by atoms with Gasteiger partial charge in [0.1, 0.15) is 6.10 Å². The van der Waals surface area contributed by atoms with E-state index in [1.165, 1.54) is 5.56 Å². The van der Waals surface area contributed by atoms with E-state index >= 15 is 0 Å². The summed E-state index contributed by atoms with van der Waals surface area (Å²) in [5.41, 5.74) is 3.35. The van der Waals surface area contributed by atoms with Gasteiger partial charge in [0.15, 0.2) is 0 Å². The molecule has 0 saturated heterocycles. The van der Waals surface area contributed by atoms with Crippen molar-refractivity contribution in [2.45, 2.75) is 51.6 Å². The van der Waals surface area contributed by atoms with Crippen molar-refractivity contribution in [3.8, 4) is 11.3 Å². The zero-order valence-electron chi connectivity index (χ0n) is 18.6. The molecule has 1 aliphatic rings. The van der Waals surface area contributed by atoms with Crippen LogP contribution in [0.15, 0.2) is 79.0 Å². The lowest BCUT2D eigenvalue weighted by molar-refractivity contribution is -0.0236. The van der Waals surface area contributed by atoms with E-state index in [2.05, 4.69) is 50.0 Å². The maximum Gasteiger partial charge on any atom is 0.340 e. The molecule has 3 heteroatoms. The van der Waals surface area contributed by atoms with Gasteiger partial charge in [-0.1, -0.05) is 87.9 Å². The predicted octanol–water partition coefficient (Wildman–Crippen LogP) is 6.69. The highest BCUT2D eigenvalue weighted by Gasteiger charge is 2.42. The summed E-state index contributed by atoms with van der Waals surface area (Å²) in [6.07, 6.45) is 4.73. The molecule has 31 heavy (non-hydrogen) atoms. The molecule has 3 aromatic rings. The highest BCUT2D eigenvalue weighted by Crippen LogP contribution is 2.44. The summed E-state index contributed by atoms with van der Waals surface area (Å²) in [5.74, 6) is 0.537. The van der Waals surface area contributed by atoms with Gasteiger partial charge in [0, 0.05) is 17.7 Å². The monoisotopic (exact) mass is 413 g/mol. The third kappa shape index (κ3) is 4.56. The van der Waals surface area contributed by atoms with Gasteiger partial charge in [0.2, 0.25) is 0 Å². The fraction of sp³-hybridized carbons (Fsp3) is 0.357. The molecule has 3 nitrogen and oxygen atoms in total. The summed E-state index contributed by atoms with van der Waals surface area (Å²) in [7, 11) is 0. The minimum atomic E-state index is -0.278. The van der Waals surface area contributed by atoms with E-state index in [9.17, 15) is 4.79 Å². The number of rotatable bonds is 5. The first-order valence-electron chi connectivity index (χ1n) is 11.2. The average molecular weight is 414 g/mol. The normalized spacial score (nSPS) is 21.5. The number of pyridine rings is 1. The Kier molecular flexibility index (Phi) is 6.22. The van der Waals surface area contributed by atoms with E-state index in [1.54, 1.807) is 12.3 Å². The van der Waals surface area contributed by atoms with Gasteiger partial charge in [-0.05, 0) is 41.9 Å². The van der Waals surface area contributed by atoms with Crippen LogP contribution in [-0.2, 0) is 10.2 Å². The molecule has 3 unspecified atom stereocenters. The van der Waals surface area contributed by atoms with Gasteiger partial charge in [-0.3, -0.25) is 4.98 Å². The van der Waals surface area contributed by atoms with Crippen LogP contribution in [0.3, 0.4) is 0 Å². The first-order valence-corrected chi connectivity index (χ1v) is 11.2. The Morgan fingerprint density at radius 1 is 0.935 bits per heavy atom. The molecule has 1 aromatic heterocycles. The Hall–Kier alpha value is -2.94. The van der Waals surface area contributed by atoms with Crippen molar-refractivity contribution in [2.24, 2.45) is 11.8 Å². The number of aromatic nitrogens is 1. The molecule has 0 spiro atoms. The van der Waals surface area contributed by atoms with E-state index in [1.807, 2.05) is 42.5 Å². The zero-order chi connectivity index (χ0) is 21.8. The number of ether oxygens (including phenoxy) is 1. The summed E-state index contributed by atoms with van der Waals surface area (Å²) in [6, 6.07) is 24.1. The zero-order valence-corrected chi connectivity index (χ0v) is 18.6. The molecule has 0 N–H and O–H groups in total. The number of benzene rings is 2. The Labute approximate surface area is 185 Å². The van der Waals surface area contributed by atoms with E-state index in [0.29, 0.717) is 17.2 Å². The number of carbonyl (C=O) groups excluding carboxylic acids is 1. The van der Waals surface area contributed by atoms with Gasteiger partial charge in [-0.25, -0.2) is 4.79 Å². The van der Waals surface area contributed by atoms with E-state index in [4.69, 9.17) is 4.74 Å². The van der Waals surface area contributed by atoms with Gasteiger partial charge in [-0.15, -0.1) is 0 Å². The standard InChI is InChI=1S/C28H31NO2/c1-20-16-17-24(28(2,3)22-13-8-5-9-14-22)25(19-20)31-27(30)23-15-10-18-29-26(23)21-11-6-4-7-12-21/h4-15,18,20,24-25H,16-17,19H2,1-3H3. The smallest absolute Gasteiger partial charge is 0.340 e. The van der Waals surface area contributed by atoms with Crippen molar-refractivity contribution >= 4 is 5.97 Å². The lowest BCUT2D eigenvalue weighted by Crippen LogP contribution is -2.43. The minimum absolute atomic E-state index is 0.0798. The van der Waals surface area contributed by atoms with Crippen molar-refractivity contribution in [3.63, 3.8) is 0 Å². The third-order valence-electron chi connectivity index (χ3n) is 6.83. The first kappa shape index (κ1) is 21.3. The summed E-state index contributed by atoms with van der Waals surface area (Å²) in [6.45, 7) is 6.82. The Bertz CT molecular complexity index is 1010. The second-order valence-corrected chi connectivity index (χ2v) is 9.32. The second-order valence-electron chi connectivity index (χ2n) is 9.32. The van der Waals surface area contributed by atoms with Gasteiger partial charge >= 0.3 is 5.97 Å². The quantitative estimate of drug-likeness (QED) is 0.438. The fourth-order valence-corrected chi connectivity index (χ4v) is 4.96. The highest BCUT2D eigenvalue weighted by molar-refractivity contribution is 5.96. The van der Waals surface area contributed by atoms with Crippen LogP contribution in [0, 0.1) is 11.8 Å². The topological polar surface area (TPSA) is 39.2 Å². The molecule has 0 aliphatic heterocycles. The number of nitrogens with zero attached hydrogens (tertiary/aromatic N) is 1. The SMILES string of the molecule is CC1CCC(C(C)(C)c2ccccc2)C(OC(=O)c2cccnc2-c2ccccc2)C1. The highest BCUT2D eigenvalue weighted by atomic mass is 16.5. The van der Waals surface area contributed by atoms with Gasteiger partial charge in [0.25, 0.3) is 0 Å². The van der Waals surface area contributed by atoms with Crippen LogP contribution < -0.4 is 0 Å². The molecule has 1 aliphatic carbocycles. The van der Waals surface area contributed by atoms with E-state index in [-0.39, 0.29) is 23.4 Å². The van der Waals surface area contributed by atoms with Gasteiger partial charge in [-0.2, -0.15) is 0 Å². The van der Waals surface area contributed by atoms with Crippen molar-refractivity contribution in [2.75, 3.05) is 0 Å².